The van der Waals surface area contributed by atoms with E-state index in [0.717, 1.165) is 5.69 Å². The molecule has 0 spiro atoms. The second-order valence-corrected chi connectivity index (χ2v) is 8.35. The highest BCUT2D eigenvalue weighted by Gasteiger charge is 2.56. The van der Waals surface area contributed by atoms with Crippen molar-refractivity contribution in [1.82, 2.24) is 9.88 Å². The number of ether oxygens (including phenoxy) is 1. The normalized spacial score (nSPS) is 21.0. The van der Waals surface area contributed by atoms with Crippen LogP contribution < -0.4 is 10.1 Å². The number of carbonyl (C=O) groups is 3. The molecule has 4 rings (SSSR count). The van der Waals surface area contributed by atoms with Crippen LogP contribution in [0.4, 0.5) is 0 Å². The Labute approximate surface area is 184 Å². The maximum atomic E-state index is 13.7. The van der Waals surface area contributed by atoms with E-state index in [-0.39, 0.29) is 39.5 Å². The van der Waals surface area contributed by atoms with Crippen LogP contribution in [0.5, 0.6) is 17.2 Å². The van der Waals surface area contributed by atoms with E-state index in [1.807, 2.05) is 29.9 Å². The second-order valence-electron chi connectivity index (χ2n) is 8.35. The standard InChI is InChI=1S/C24H24N2O6/c1-11-20(29)18(13(3)27)22-19(21(11)30)24(4)16(32-22)9-15(28)17(23(24)31)12(2)25-10-14-7-6-8-26(14)5/h6-9,25,29-30H,10H2,1-5H3/b17-12+/t24-/m1/s1. The number of aromatic nitrogens is 1. The van der Waals surface area contributed by atoms with E-state index in [1.165, 1.54) is 19.9 Å². The Balaban J connectivity index is 1.86. The highest BCUT2D eigenvalue weighted by molar-refractivity contribution is 6.31. The summed E-state index contributed by atoms with van der Waals surface area (Å²) in [5.74, 6) is -2.40. The first-order chi connectivity index (χ1) is 15.0. The number of phenols is 2. The zero-order valence-electron chi connectivity index (χ0n) is 18.5. The summed E-state index contributed by atoms with van der Waals surface area (Å²) < 4.78 is 7.68. The van der Waals surface area contributed by atoms with Crippen molar-refractivity contribution in [3.63, 3.8) is 0 Å². The molecule has 32 heavy (non-hydrogen) atoms. The number of hydrogen-bond donors (Lipinski definition) is 3. The van der Waals surface area contributed by atoms with Crippen LogP contribution in [0.1, 0.15) is 48.0 Å². The molecular weight excluding hydrogens is 412 g/mol. The Bertz CT molecular complexity index is 1280. The molecule has 1 aromatic carbocycles. The quantitative estimate of drug-likeness (QED) is 0.383. The number of fused-ring (bicyclic) bond motifs is 3. The first-order valence-electron chi connectivity index (χ1n) is 10.1. The van der Waals surface area contributed by atoms with Gasteiger partial charge in [0.05, 0.1) is 17.7 Å². The number of ketones is 3. The molecule has 166 valence electrons. The van der Waals surface area contributed by atoms with Gasteiger partial charge in [-0.25, -0.2) is 0 Å². The summed E-state index contributed by atoms with van der Waals surface area (Å²) in [6, 6.07) is 3.82. The molecule has 3 N–H and O–H groups in total. The maximum Gasteiger partial charge on any atom is 0.194 e. The molecule has 0 radical (unpaired) electrons. The summed E-state index contributed by atoms with van der Waals surface area (Å²) in [6.07, 6.45) is 3.10. The van der Waals surface area contributed by atoms with Gasteiger partial charge in [-0.3, -0.25) is 14.4 Å². The summed E-state index contributed by atoms with van der Waals surface area (Å²) in [4.78, 5) is 38.8. The lowest BCUT2D eigenvalue weighted by molar-refractivity contribution is -0.123. The lowest BCUT2D eigenvalue weighted by Crippen LogP contribution is -2.41. The van der Waals surface area contributed by atoms with Crippen LogP contribution in [0.15, 0.2) is 41.4 Å². The Morgan fingerprint density at radius 1 is 1.22 bits per heavy atom. The average molecular weight is 436 g/mol. The predicted octanol–water partition coefficient (Wildman–Crippen LogP) is 2.70. The van der Waals surface area contributed by atoms with Crippen LogP contribution in [0, 0.1) is 6.92 Å². The van der Waals surface area contributed by atoms with Crippen LogP contribution in [-0.2, 0) is 28.6 Å². The molecule has 8 nitrogen and oxygen atoms in total. The average Bonchev–Trinajstić information content (AvgIpc) is 3.25. The smallest absolute Gasteiger partial charge is 0.194 e. The van der Waals surface area contributed by atoms with Gasteiger partial charge in [0.2, 0.25) is 0 Å². The number of rotatable bonds is 4. The number of hydrogen-bond acceptors (Lipinski definition) is 7. The van der Waals surface area contributed by atoms with Gasteiger partial charge >= 0.3 is 0 Å². The molecule has 1 aromatic heterocycles. The highest BCUT2D eigenvalue weighted by atomic mass is 16.5. The third-order valence-electron chi connectivity index (χ3n) is 6.35. The molecule has 2 aromatic rings. The van der Waals surface area contributed by atoms with Crippen LogP contribution in [0.3, 0.4) is 0 Å². The van der Waals surface area contributed by atoms with E-state index in [2.05, 4.69) is 5.32 Å². The Morgan fingerprint density at radius 3 is 2.50 bits per heavy atom. The molecule has 8 heteroatoms. The van der Waals surface area contributed by atoms with Gasteiger partial charge in [-0.05, 0) is 39.8 Å². The molecule has 1 aliphatic heterocycles. The van der Waals surface area contributed by atoms with Crippen molar-refractivity contribution in [1.29, 1.82) is 0 Å². The van der Waals surface area contributed by atoms with E-state index in [9.17, 15) is 24.6 Å². The number of Topliss-reactive ketones (excluding diaryl/α,β-unsaturated/α-hetero) is 2. The number of phenolic OH excluding ortho intramolecular Hbond substituents is 2. The molecular formula is C24H24N2O6. The van der Waals surface area contributed by atoms with Gasteiger partial charge in [-0.2, -0.15) is 0 Å². The molecule has 0 unspecified atom stereocenters. The van der Waals surface area contributed by atoms with Gasteiger partial charge in [0.25, 0.3) is 0 Å². The van der Waals surface area contributed by atoms with Crippen LogP contribution in [0.25, 0.3) is 0 Å². The van der Waals surface area contributed by atoms with E-state index in [1.54, 1.807) is 13.8 Å². The molecule has 0 fully saturated rings. The fourth-order valence-corrected chi connectivity index (χ4v) is 4.35. The lowest BCUT2D eigenvalue weighted by atomic mass is 9.70. The number of carbonyl (C=O) groups excluding carboxylic acids is 3. The van der Waals surface area contributed by atoms with Gasteiger partial charge in [0.15, 0.2) is 17.3 Å². The van der Waals surface area contributed by atoms with Crippen LogP contribution >= 0.6 is 0 Å². The largest absolute Gasteiger partial charge is 0.507 e. The second kappa shape index (κ2) is 7.12. The van der Waals surface area contributed by atoms with E-state index in [4.69, 9.17) is 4.74 Å². The number of nitrogens with zero attached hydrogens (tertiary/aromatic N) is 1. The van der Waals surface area contributed by atoms with Crippen molar-refractivity contribution in [2.24, 2.45) is 7.05 Å². The minimum Gasteiger partial charge on any atom is -0.507 e. The maximum absolute atomic E-state index is 13.7. The summed E-state index contributed by atoms with van der Waals surface area (Å²) in [6.45, 7) is 6.31. The molecule has 2 aliphatic rings. The molecule has 0 saturated heterocycles. The fraction of sp³-hybridized carbons (Fsp3) is 0.292. The van der Waals surface area contributed by atoms with E-state index >= 15 is 0 Å². The van der Waals surface area contributed by atoms with Crippen molar-refractivity contribution >= 4 is 17.3 Å². The molecule has 1 atom stereocenters. The number of aromatic hydroxyl groups is 2. The van der Waals surface area contributed by atoms with Crippen molar-refractivity contribution in [2.75, 3.05) is 0 Å². The minimum absolute atomic E-state index is 0.0179. The SMILES string of the molecule is CC(=O)c1c(O)c(C)c(O)c2c1OC1=CC(=O)/C(=C(/C)NCc3cccn3C)C(=O)[C@]12C. The number of allylic oxidation sites excluding steroid dienone is 4. The van der Waals surface area contributed by atoms with Gasteiger partial charge in [0.1, 0.15) is 34.0 Å². The molecule has 1 aliphatic carbocycles. The summed E-state index contributed by atoms with van der Waals surface area (Å²) in [5, 5.41) is 24.4. The predicted molar refractivity (Wildman–Crippen MR) is 116 cm³/mol. The van der Waals surface area contributed by atoms with Crippen LogP contribution in [0.2, 0.25) is 0 Å². The first kappa shape index (κ1) is 21.4. The molecule has 2 heterocycles. The summed E-state index contributed by atoms with van der Waals surface area (Å²) >= 11 is 0. The lowest BCUT2D eigenvalue weighted by Gasteiger charge is -2.29. The van der Waals surface area contributed by atoms with E-state index in [0.29, 0.717) is 12.2 Å². The zero-order chi connectivity index (χ0) is 23.5. The first-order valence-corrected chi connectivity index (χ1v) is 10.1. The Morgan fingerprint density at radius 2 is 1.91 bits per heavy atom. The Hall–Kier alpha value is -3.81. The topological polar surface area (TPSA) is 118 Å². The molecule has 0 saturated carbocycles. The third-order valence-corrected chi connectivity index (χ3v) is 6.35. The van der Waals surface area contributed by atoms with Crippen molar-refractivity contribution in [3.8, 4) is 17.2 Å². The molecule has 0 bridgehead atoms. The number of nitrogens with one attached hydrogen (secondary N) is 1. The fourth-order valence-electron chi connectivity index (χ4n) is 4.35. The van der Waals surface area contributed by atoms with Crippen molar-refractivity contribution in [2.45, 2.75) is 39.7 Å². The van der Waals surface area contributed by atoms with Gasteiger partial charge < -0.3 is 24.8 Å². The van der Waals surface area contributed by atoms with Crippen LogP contribution in [-0.4, -0.2) is 32.1 Å². The number of benzene rings is 1. The summed E-state index contributed by atoms with van der Waals surface area (Å²) in [5.41, 5.74) is -0.185. The monoisotopic (exact) mass is 436 g/mol. The molecule has 0 amide bonds. The van der Waals surface area contributed by atoms with Crippen molar-refractivity contribution in [3.05, 3.63) is 63.8 Å². The van der Waals surface area contributed by atoms with Gasteiger partial charge in [0, 0.05) is 36.3 Å². The summed E-state index contributed by atoms with van der Waals surface area (Å²) in [7, 11) is 1.90. The van der Waals surface area contributed by atoms with Gasteiger partial charge in [-0.1, -0.05) is 0 Å². The number of aryl methyl sites for hydroxylation is 1. The Kier molecular flexibility index (Phi) is 4.76. The van der Waals surface area contributed by atoms with Gasteiger partial charge in [-0.15, -0.1) is 0 Å². The van der Waals surface area contributed by atoms with Crippen molar-refractivity contribution < 1.29 is 29.3 Å². The zero-order valence-corrected chi connectivity index (χ0v) is 18.5. The third kappa shape index (κ3) is 2.79. The minimum atomic E-state index is -1.51. The highest BCUT2D eigenvalue weighted by Crippen LogP contribution is 2.57. The van der Waals surface area contributed by atoms with E-state index < -0.39 is 28.5 Å².